The lowest BCUT2D eigenvalue weighted by Gasteiger charge is -2.07. The highest BCUT2D eigenvalue weighted by atomic mass is 32.1. The van der Waals surface area contributed by atoms with Gasteiger partial charge in [-0.2, -0.15) is 0 Å². The zero-order chi connectivity index (χ0) is 18.7. The highest BCUT2D eigenvalue weighted by Gasteiger charge is 2.11. The number of hydrogen-bond donors (Lipinski definition) is 1. The maximum absolute atomic E-state index is 12.1. The van der Waals surface area contributed by atoms with Crippen molar-refractivity contribution >= 4 is 33.9 Å². The van der Waals surface area contributed by atoms with Crippen molar-refractivity contribution in [1.29, 1.82) is 0 Å². The molecule has 7 nitrogen and oxygen atoms in total. The van der Waals surface area contributed by atoms with E-state index in [1.54, 1.807) is 31.2 Å². The molecule has 3 rings (SSSR count). The van der Waals surface area contributed by atoms with E-state index in [-0.39, 0.29) is 18.1 Å². The van der Waals surface area contributed by atoms with E-state index in [2.05, 4.69) is 10.3 Å². The Hall–Kier alpha value is -3.00. The fourth-order valence-electron chi connectivity index (χ4n) is 2.34. The van der Waals surface area contributed by atoms with E-state index in [0.29, 0.717) is 28.3 Å². The average Bonchev–Trinajstić information content (AvgIpc) is 3.01. The summed E-state index contributed by atoms with van der Waals surface area (Å²) < 4.78 is 6.75. The van der Waals surface area contributed by atoms with Crippen molar-refractivity contribution in [3.05, 3.63) is 63.0 Å². The van der Waals surface area contributed by atoms with Crippen LogP contribution in [0.3, 0.4) is 0 Å². The number of amides is 1. The number of carbonyl (C=O) groups excluding carboxylic acids is 2. The Morgan fingerprint density at radius 1 is 1.27 bits per heavy atom. The standard InChI is InChI=1S/C18H17N3O4S/c1-3-15(22)19-13-6-4-12(5-7-13)17(24)25-9-14-8-16(23)21-11(2)10-26-18(21)20-14/h4-8,10H,3,9H2,1-2H3,(H,19,22). The highest BCUT2D eigenvalue weighted by molar-refractivity contribution is 7.15. The first kappa shape index (κ1) is 17.8. The molecule has 1 aromatic carbocycles. The van der Waals surface area contributed by atoms with Crippen molar-refractivity contribution in [3.8, 4) is 0 Å². The van der Waals surface area contributed by atoms with Crippen LogP contribution in [0.2, 0.25) is 0 Å². The first-order valence-corrected chi connectivity index (χ1v) is 8.89. The third-order valence-corrected chi connectivity index (χ3v) is 4.65. The van der Waals surface area contributed by atoms with Gasteiger partial charge in [0, 0.05) is 29.2 Å². The zero-order valence-corrected chi connectivity index (χ0v) is 15.1. The molecule has 0 fully saturated rings. The number of ether oxygens (including phenoxy) is 1. The number of anilines is 1. The number of aromatic nitrogens is 2. The van der Waals surface area contributed by atoms with Crippen LogP contribution in [0.4, 0.5) is 5.69 Å². The second kappa shape index (κ2) is 7.49. The maximum Gasteiger partial charge on any atom is 0.338 e. The third-order valence-electron chi connectivity index (χ3n) is 3.71. The van der Waals surface area contributed by atoms with Crippen molar-refractivity contribution < 1.29 is 14.3 Å². The summed E-state index contributed by atoms with van der Waals surface area (Å²) in [5.41, 5.74) is 1.99. The molecule has 0 saturated heterocycles. The van der Waals surface area contributed by atoms with Gasteiger partial charge in [-0.25, -0.2) is 9.78 Å². The number of esters is 1. The maximum atomic E-state index is 12.1. The average molecular weight is 371 g/mol. The number of nitrogens with zero attached hydrogens (tertiary/aromatic N) is 2. The predicted molar refractivity (Wildman–Crippen MR) is 98.6 cm³/mol. The van der Waals surface area contributed by atoms with Gasteiger partial charge in [-0.15, -0.1) is 11.3 Å². The van der Waals surface area contributed by atoms with Crippen molar-refractivity contribution in [3.63, 3.8) is 0 Å². The van der Waals surface area contributed by atoms with Gasteiger partial charge in [-0.05, 0) is 31.2 Å². The summed E-state index contributed by atoms with van der Waals surface area (Å²) in [5.74, 6) is -0.625. The van der Waals surface area contributed by atoms with Crippen molar-refractivity contribution in [2.75, 3.05) is 5.32 Å². The van der Waals surface area contributed by atoms with Gasteiger partial charge in [0.2, 0.25) is 5.91 Å². The topological polar surface area (TPSA) is 89.8 Å². The number of rotatable bonds is 5. The summed E-state index contributed by atoms with van der Waals surface area (Å²) in [6.45, 7) is 3.50. The quantitative estimate of drug-likeness (QED) is 0.697. The normalized spacial score (nSPS) is 10.7. The van der Waals surface area contributed by atoms with Crippen LogP contribution < -0.4 is 10.9 Å². The van der Waals surface area contributed by atoms with Crippen molar-refractivity contribution in [2.45, 2.75) is 26.9 Å². The number of aryl methyl sites for hydroxylation is 1. The molecule has 0 unspecified atom stereocenters. The number of thiazole rings is 1. The van der Waals surface area contributed by atoms with Crippen LogP contribution in [0.5, 0.6) is 0 Å². The van der Waals surface area contributed by atoms with Crippen LogP contribution in [0.25, 0.3) is 4.96 Å². The van der Waals surface area contributed by atoms with Gasteiger partial charge in [-0.3, -0.25) is 14.0 Å². The fraction of sp³-hybridized carbons (Fsp3) is 0.222. The van der Waals surface area contributed by atoms with Crippen molar-refractivity contribution in [1.82, 2.24) is 9.38 Å². The van der Waals surface area contributed by atoms with Crippen LogP contribution in [0.15, 0.2) is 40.5 Å². The molecule has 0 aliphatic carbocycles. The molecule has 0 aliphatic rings. The number of benzene rings is 1. The number of hydrogen-bond acceptors (Lipinski definition) is 6. The summed E-state index contributed by atoms with van der Waals surface area (Å²) in [7, 11) is 0. The van der Waals surface area contributed by atoms with E-state index in [0.717, 1.165) is 5.69 Å². The van der Waals surface area contributed by atoms with Gasteiger partial charge in [0.15, 0.2) is 4.96 Å². The van der Waals surface area contributed by atoms with Crippen molar-refractivity contribution in [2.24, 2.45) is 0 Å². The molecule has 26 heavy (non-hydrogen) atoms. The second-order valence-electron chi connectivity index (χ2n) is 5.64. The van der Waals surface area contributed by atoms with Gasteiger partial charge in [0.25, 0.3) is 5.56 Å². The Morgan fingerprint density at radius 3 is 2.69 bits per heavy atom. The number of fused-ring (bicyclic) bond motifs is 1. The van der Waals surface area contributed by atoms with Crippen LogP contribution in [-0.2, 0) is 16.1 Å². The first-order chi connectivity index (χ1) is 12.5. The largest absolute Gasteiger partial charge is 0.456 e. The van der Waals surface area contributed by atoms with Gasteiger partial charge < -0.3 is 10.1 Å². The fourth-order valence-corrected chi connectivity index (χ4v) is 3.23. The Labute approximate surface area is 153 Å². The molecule has 0 saturated carbocycles. The van der Waals surface area contributed by atoms with E-state index in [1.807, 2.05) is 12.3 Å². The minimum Gasteiger partial charge on any atom is -0.456 e. The molecular weight excluding hydrogens is 354 g/mol. The predicted octanol–water partition coefficient (Wildman–Crippen LogP) is 2.77. The van der Waals surface area contributed by atoms with Gasteiger partial charge in [0.1, 0.15) is 6.61 Å². The number of carbonyl (C=O) groups is 2. The van der Waals surface area contributed by atoms with Gasteiger partial charge in [0.05, 0.1) is 11.3 Å². The van der Waals surface area contributed by atoms with Crippen LogP contribution in [-0.4, -0.2) is 21.3 Å². The van der Waals surface area contributed by atoms with Crippen LogP contribution in [0, 0.1) is 6.92 Å². The highest BCUT2D eigenvalue weighted by Crippen LogP contribution is 2.14. The van der Waals surface area contributed by atoms with Crippen LogP contribution >= 0.6 is 11.3 Å². The SMILES string of the molecule is CCC(=O)Nc1ccc(C(=O)OCc2cc(=O)n3c(C)csc3n2)cc1. The molecule has 0 spiro atoms. The Balaban J connectivity index is 1.67. The van der Waals surface area contributed by atoms with Gasteiger partial charge >= 0.3 is 5.97 Å². The molecule has 134 valence electrons. The lowest BCUT2D eigenvalue weighted by molar-refractivity contribution is -0.115. The summed E-state index contributed by atoms with van der Waals surface area (Å²) in [4.78, 5) is 40.5. The minimum atomic E-state index is -0.525. The van der Waals surface area contributed by atoms with E-state index >= 15 is 0 Å². The minimum absolute atomic E-state index is 0.0875. The molecular formula is C18H17N3O4S. The summed E-state index contributed by atoms with van der Waals surface area (Å²) in [5, 5.41) is 4.55. The molecule has 0 radical (unpaired) electrons. The smallest absolute Gasteiger partial charge is 0.338 e. The lowest BCUT2D eigenvalue weighted by atomic mass is 10.2. The Bertz CT molecular complexity index is 1020. The summed E-state index contributed by atoms with van der Waals surface area (Å²) in [6, 6.07) is 7.78. The van der Waals surface area contributed by atoms with E-state index < -0.39 is 5.97 Å². The molecule has 8 heteroatoms. The first-order valence-electron chi connectivity index (χ1n) is 8.01. The summed E-state index contributed by atoms with van der Waals surface area (Å²) in [6.07, 6.45) is 0.380. The molecule has 1 N–H and O–H groups in total. The molecule has 0 atom stereocenters. The monoisotopic (exact) mass is 371 g/mol. The molecule has 1 amide bonds. The lowest BCUT2D eigenvalue weighted by Crippen LogP contribution is -2.16. The van der Waals surface area contributed by atoms with E-state index in [4.69, 9.17) is 4.74 Å². The third kappa shape index (κ3) is 3.80. The molecule has 0 bridgehead atoms. The molecule has 3 aromatic rings. The van der Waals surface area contributed by atoms with E-state index in [1.165, 1.54) is 21.8 Å². The zero-order valence-electron chi connectivity index (χ0n) is 14.3. The van der Waals surface area contributed by atoms with E-state index in [9.17, 15) is 14.4 Å². The Morgan fingerprint density at radius 2 is 2.00 bits per heavy atom. The number of nitrogens with one attached hydrogen (secondary N) is 1. The molecule has 0 aliphatic heterocycles. The summed E-state index contributed by atoms with van der Waals surface area (Å²) >= 11 is 1.36. The van der Waals surface area contributed by atoms with Gasteiger partial charge in [-0.1, -0.05) is 6.92 Å². The second-order valence-corrected chi connectivity index (χ2v) is 6.47. The Kier molecular flexibility index (Phi) is 5.13. The molecule has 2 aromatic heterocycles. The van der Waals surface area contributed by atoms with Crippen LogP contribution in [0.1, 0.15) is 35.1 Å². The molecule has 2 heterocycles.